The van der Waals surface area contributed by atoms with Crippen LogP contribution >= 0.6 is 11.8 Å². The summed E-state index contributed by atoms with van der Waals surface area (Å²) in [6.07, 6.45) is 0. The van der Waals surface area contributed by atoms with Crippen LogP contribution in [0.3, 0.4) is 0 Å². The molecule has 3 N–H and O–H groups in total. The molecule has 2 heterocycles. The first kappa shape index (κ1) is 13.6. The highest BCUT2D eigenvalue weighted by atomic mass is 32.2. The summed E-state index contributed by atoms with van der Waals surface area (Å²) in [5.41, 5.74) is 5.87. The maximum Gasteiger partial charge on any atom is 0.339 e. The molecule has 0 aromatic carbocycles. The number of aryl methyl sites for hydroxylation is 3. The summed E-state index contributed by atoms with van der Waals surface area (Å²) >= 11 is 1.24. The Hall–Kier alpha value is -1.87. The van der Waals surface area contributed by atoms with Crippen molar-refractivity contribution in [2.24, 2.45) is 19.8 Å². The number of hydrogen-bond donors (Lipinski definition) is 2. The zero-order chi connectivity index (χ0) is 14.2. The molecule has 0 radical (unpaired) electrons. The van der Waals surface area contributed by atoms with Gasteiger partial charge in [0, 0.05) is 26.2 Å². The van der Waals surface area contributed by atoms with Gasteiger partial charge in [-0.2, -0.15) is 10.1 Å². The quantitative estimate of drug-likeness (QED) is 0.707. The van der Waals surface area contributed by atoms with E-state index in [4.69, 9.17) is 5.73 Å². The van der Waals surface area contributed by atoms with Crippen LogP contribution < -0.4 is 16.9 Å². The van der Waals surface area contributed by atoms with E-state index in [-0.39, 0.29) is 0 Å². The number of nitrogens with two attached hydrogens (primary N) is 1. The summed E-state index contributed by atoms with van der Waals surface area (Å²) in [6.45, 7) is 2.21. The smallest absolute Gasteiger partial charge is 0.326 e. The molecule has 0 fully saturated rings. The minimum Gasteiger partial charge on any atom is -0.326 e. The fourth-order valence-corrected chi connectivity index (χ4v) is 2.69. The van der Waals surface area contributed by atoms with Gasteiger partial charge in [-0.05, 0) is 18.7 Å². The number of aromatic amines is 1. The number of H-pyrrole nitrogens is 1. The molecule has 0 aliphatic heterocycles. The molecule has 0 saturated carbocycles. The average Bonchev–Trinajstić information content (AvgIpc) is 2.60. The van der Waals surface area contributed by atoms with Gasteiger partial charge >= 0.3 is 11.1 Å². The molecule has 2 aromatic heterocycles. The molecule has 0 saturated heterocycles. The lowest BCUT2D eigenvalue weighted by Crippen LogP contribution is -2.33. The summed E-state index contributed by atoms with van der Waals surface area (Å²) in [4.78, 5) is 26.2. The lowest BCUT2D eigenvalue weighted by atomic mass is 10.3. The van der Waals surface area contributed by atoms with Crippen LogP contribution in [0.1, 0.15) is 11.3 Å². The molecule has 0 amide bonds. The molecule has 2 rings (SSSR count). The number of nitrogens with zero attached hydrogens (tertiary/aromatic N) is 4. The van der Waals surface area contributed by atoms with Gasteiger partial charge in [0.2, 0.25) is 0 Å². The Balaban J connectivity index is 2.50. The number of hydrogen-bond acceptors (Lipinski definition) is 6. The average molecular weight is 282 g/mol. The molecular weight excluding hydrogens is 268 g/mol. The van der Waals surface area contributed by atoms with Crippen molar-refractivity contribution in [3.05, 3.63) is 32.0 Å². The van der Waals surface area contributed by atoms with Crippen LogP contribution in [0, 0.1) is 6.92 Å². The van der Waals surface area contributed by atoms with Crippen LogP contribution in [0.2, 0.25) is 0 Å². The van der Waals surface area contributed by atoms with E-state index in [1.54, 1.807) is 18.8 Å². The summed E-state index contributed by atoms with van der Waals surface area (Å²) in [5, 5.41) is 7.85. The first-order valence-corrected chi connectivity index (χ1v) is 6.33. The zero-order valence-corrected chi connectivity index (χ0v) is 11.6. The van der Waals surface area contributed by atoms with Gasteiger partial charge in [0.25, 0.3) is 0 Å². The van der Waals surface area contributed by atoms with Gasteiger partial charge in [0.1, 0.15) is 5.03 Å². The van der Waals surface area contributed by atoms with Gasteiger partial charge in [-0.15, -0.1) is 0 Å². The molecule has 0 atom stereocenters. The Morgan fingerprint density at radius 3 is 2.68 bits per heavy atom. The normalized spacial score (nSPS) is 10.9. The molecular formula is C10H14N6O2S. The van der Waals surface area contributed by atoms with E-state index in [0.717, 1.165) is 16.3 Å². The van der Waals surface area contributed by atoms with Gasteiger partial charge in [0.05, 0.1) is 5.69 Å². The third-order valence-electron chi connectivity index (χ3n) is 2.63. The molecule has 0 unspecified atom stereocenters. The van der Waals surface area contributed by atoms with E-state index >= 15 is 0 Å². The van der Waals surface area contributed by atoms with Crippen molar-refractivity contribution in [2.45, 2.75) is 23.7 Å². The highest BCUT2D eigenvalue weighted by Gasteiger charge is 2.15. The monoisotopic (exact) mass is 282 g/mol. The highest BCUT2D eigenvalue weighted by Crippen LogP contribution is 2.28. The summed E-state index contributed by atoms with van der Waals surface area (Å²) in [7, 11) is 3.40. The van der Waals surface area contributed by atoms with Crippen LogP contribution in [-0.2, 0) is 20.6 Å². The van der Waals surface area contributed by atoms with Crippen LogP contribution in [0.15, 0.2) is 19.8 Å². The van der Waals surface area contributed by atoms with Crippen molar-refractivity contribution in [1.29, 1.82) is 0 Å². The predicted octanol–water partition coefficient (Wildman–Crippen LogP) is -0.880. The second-order valence-corrected chi connectivity index (χ2v) is 4.95. The molecule has 0 bridgehead atoms. The maximum atomic E-state index is 11.3. The standard InChI is InChI=1S/C10H14N6O2S/c1-5-6(4-11)9(15(2)13-5)19-10-12-7(17)8(18)14-16(10)3/h4,11H2,1-3H3,(H,14,18). The summed E-state index contributed by atoms with van der Waals surface area (Å²) < 4.78 is 3.08. The first-order chi connectivity index (χ1) is 8.93. The Kier molecular flexibility index (Phi) is 3.58. The van der Waals surface area contributed by atoms with Crippen molar-refractivity contribution in [3.8, 4) is 0 Å². The molecule has 102 valence electrons. The molecule has 2 aromatic rings. The Morgan fingerprint density at radius 1 is 1.37 bits per heavy atom. The molecule has 0 aliphatic rings. The fourth-order valence-electron chi connectivity index (χ4n) is 1.68. The summed E-state index contributed by atoms with van der Waals surface area (Å²) in [5.74, 6) is 0. The second kappa shape index (κ2) is 5.02. The first-order valence-electron chi connectivity index (χ1n) is 5.51. The Bertz CT molecular complexity index is 729. The largest absolute Gasteiger partial charge is 0.339 e. The molecule has 0 spiro atoms. The lowest BCUT2D eigenvalue weighted by Gasteiger charge is -2.07. The van der Waals surface area contributed by atoms with Crippen LogP contribution in [-0.4, -0.2) is 24.5 Å². The zero-order valence-electron chi connectivity index (χ0n) is 10.8. The third-order valence-corrected chi connectivity index (χ3v) is 3.88. The van der Waals surface area contributed by atoms with Crippen molar-refractivity contribution < 1.29 is 0 Å². The summed E-state index contributed by atoms with van der Waals surface area (Å²) in [6, 6.07) is 0. The Morgan fingerprint density at radius 2 is 2.05 bits per heavy atom. The molecule has 8 nitrogen and oxygen atoms in total. The van der Waals surface area contributed by atoms with Crippen molar-refractivity contribution >= 4 is 11.8 Å². The third kappa shape index (κ3) is 2.47. The number of aromatic nitrogens is 5. The minimum atomic E-state index is -0.811. The lowest BCUT2D eigenvalue weighted by molar-refractivity contribution is 0.593. The van der Waals surface area contributed by atoms with E-state index in [1.165, 1.54) is 16.4 Å². The van der Waals surface area contributed by atoms with Crippen LogP contribution in [0.4, 0.5) is 0 Å². The van der Waals surface area contributed by atoms with Gasteiger partial charge in [0.15, 0.2) is 5.16 Å². The van der Waals surface area contributed by atoms with Gasteiger partial charge in [-0.3, -0.25) is 24.1 Å². The minimum absolute atomic E-state index is 0.347. The van der Waals surface area contributed by atoms with Gasteiger partial charge < -0.3 is 5.73 Å². The topological polar surface area (TPSA) is 112 Å². The number of rotatable bonds is 3. The highest BCUT2D eigenvalue weighted by molar-refractivity contribution is 7.99. The van der Waals surface area contributed by atoms with E-state index in [0.29, 0.717) is 11.7 Å². The SMILES string of the molecule is Cc1nn(C)c(Sc2nc(=O)c(=O)[nH]n2C)c1CN. The van der Waals surface area contributed by atoms with Crippen LogP contribution in [0.25, 0.3) is 0 Å². The van der Waals surface area contributed by atoms with E-state index < -0.39 is 11.1 Å². The van der Waals surface area contributed by atoms with Gasteiger partial charge in [-0.1, -0.05) is 0 Å². The van der Waals surface area contributed by atoms with Crippen molar-refractivity contribution in [1.82, 2.24) is 24.5 Å². The maximum absolute atomic E-state index is 11.3. The molecule has 19 heavy (non-hydrogen) atoms. The Labute approximate surface area is 112 Å². The molecule has 0 aliphatic carbocycles. The van der Waals surface area contributed by atoms with Crippen molar-refractivity contribution in [2.75, 3.05) is 0 Å². The van der Waals surface area contributed by atoms with Gasteiger partial charge in [-0.25, -0.2) is 0 Å². The number of nitrogens with one attached hydrogen (secondary N) is 1. The van der Waals surface area contributed by atoms with E-state index in [9.17, 15) is 9.59 Å². The fraction of sp³-hybridized carbons (Fsp3) is 0.400. The van der Waals surface area contributed by atoms with E-state index in [2.05, 4.69) is 15.2 Å². The molecule has 9 heteroatoms. The van der Waals surface area contributed by atoms with E-state index in [1.807, 2.05) is 6.92 Å². The second-order valence-electron chi connectivity index (χ2n) is 4.00. The predicted molar refractivity (Wildman–Crippen MR) is 70.1 cm³/mol. The van der Waals surface area contributed by atoms with Crippen molar-refractivity contribution in [3.63, 3.8) is 0 Å². The van der Waals surface area contributed by atoms with Crippen LogP contribution in [0.5, 0.6) is 0 Å².